The van der Waals surface area contributed by atoms with Gasteiger partial charge in [0.2, 0.25) is 0 Å². The van der Waals surface area contributed by atoms with Crippen molar-refractivity contribution in [2.75, 3.05) is 0 Å². The van der Waals surface area contributed by atoms with Gasteiger partial charge in [-0.2, -0.15) is 0 Å². The Bertz CT molecular complexity index is 537. The number of benzene rings is 1. The molecule has 1 aromatic heterocycles. The van der Waals surface area contributed by atoms with Crippen LogP contribution in [0, 0.1) is 0 Å². The molecule has 1 aromatic carbocycles. The molecule has 2 N–H and O–H groups in total. The average molecular weight is 204 g/mol. The van der Waals surface area contributed by atoms with Gasteiger partial charge in [0.05, 0.1) is 11.6 Å². The zero-order valence-electron chi connectivity index (χ0n) is 7.68. The van der Waals surface area contributed by atoms with Crippen molar-refractivity contribution in [3.63, 3.8) is 0 Å². The molecule has 2 aromatic rings. The number of fused-ring (bicyclic) bond motifs is 1. The molecule has 0 fully saturated rings. The van der Waals surface area contributed by atoms with Crippen LogP contribution in [0.25, 0.3) is 17.0 Å². The number of hydrogen-bond donors (Lipinski definition) is 2. The number of phenolic OH excluding ortho intramolecular Hbond substituents is 1. The molecule has 0 bridgehead atoms. The Balaban J connectivity index is 2.52. The van der Waals surface area contributed by atoms with Crippen molar-refractivity contribution >= 4 is 23.0 Å². The van der Waals surface area contributed by atoms with E-state index in [0.29, 0.717) is 16.5 Å². The molecule has 0 saturated carbocycles. The summed E-state index contributed by atoms with van der Waals surface area (Å²) in [6, 6.07) is 4.90. The highest BCUT2D eigenvalue weighted by molar-refractivity contribution is 5.91. The SMILES string of the molecule is O=C(O)/C=C\c1ccc2occc2c1O. The zero-order valence-corrected chi connectivity index (χ0v) is 7.68. The number of carboxylic acids is 1. The number of carbonyl (C=O) groups is 1. The Hall–Kier alpha value is -2.23. The third-order valence-corrected chi connectivity index (χ3v) is 2.04. The fourth-order valence-electron chi connectivity index (χ4n) is 1.34. The van der Waals surface area contributed by atoms with Crippen molar-refractivity contribution in [1.82, 2.24) is 0 Å². The maximum absolute atomic E-state index is 10.3. The Morgan fingerprint density at radius 2 is 2.13 bits per heavy atom. The molecule has 0 aliphatic rings. The maximum Gasteiger partial charge on any atom is 0.328 e. The quantitative estimate of drug-likeness (QED) is 0.736. The Morgan fingerprint density at radius 1 is 1.33 bits per heavy atom. The molecule has 0 unspecified atom stereocenters. The zero-order chi connectivity index (χ0) is 10.8. The normalized spacial score (nSPS) is 11.2. The first-order valence-electron chi connectivity index (χ1n) is 4.28. The monoisotopic (exact) mass is 204 g/mol. The fourth-order valence-corrected chi connectivity index (χ4v) is 1.34. The molecular formula is C11H8O4. The van der Waals surface area contributed by atoms with E-state index in [1.165, 1.54) is 12.3 Å². The number of hydrogen-bond acceptors (Lipinski definition) is 3. The molecule has 0 aliphatic carbocycles. The van der Waals surface area contributed by atoms with Gasteiger partial charge in [0, 0.05) is 11.6 Å². The number of rotatable bonds is 2. The van der Waals surface area contributed by atoms with Gasteiger partial charge >= 0.3 is 5.97 Å². The molecule has 4 heteroatoms. The third-order valence-electron chi connectivity index (χ3n) is 2.04. The van der Waals surface area contributed by atoms with Crippen LogP contribution >= 0.6 is 0 Å². The number of furan rings is 1. The van der Waals surface area contributed by atoms with Crippen molar-refractivity contribution in [3.05, 3.63) is 36.1 Å². The van der Waals surface area contributed by atoms with Crippen molar-refractivity contribution < 1.29 is 19.4 Å². The van der Waals surface area contributed by atoms with Gasteiger partial charge < -0.3 is 14.6 Å². The van der Waals surface area contributed by atoms with Gasteiger partial charge in [0.25, 0.3) is 0 Å². The molecule has 0 radical (unpaired) electrons. The lowest BCUT2D eigenvalue weighted by Gasteiger charge is -1.98. The van der Waals surface area contributed by atoms with Crippen LogP contribution in [0.3, 0.4) is 0 Å². The molecule has 0 saturated heterocycles. The molecule has 0 aliphatic heterocycles. The first-order chi connectivity index (χ1) is 7.18. The molecule has 1 heterocycles. The summed E-state index contributed by atoms with van der Waals surface area (Å²) in [5, 5.41) is 18.8. The predicted octanol–water partition coefficient (Wildman–Crippen LogP) is 2.24. The molecule has 0 spiro atoms. The lowest BCUT2D eigenvalue weighted by atomic mass is 10.1. The topological polar surface area (TPSA) is 70.7 Å². The Labute approximate surface area is 85.1 Å². The minimum atomic E-state index is -1.05. The second-order valence-corrected chi connectivity index (χ2v) is 3.01. The number of aromatic hydroxyl groups is 1. The lowest BCUT2D eigenvalue weighted by molar-refractivity contribution is -0.131. The highest BCUT2D eigenvalue weighted by Gasteiger charge is 2.06. The number of phenols is 1. The van der Waals surface area contributed by atoms with E-state index in [-0.39, 0.29) is 5.75 Å². The molecule has 76 valence electrons. The summed E-state index contributed by atoms with van der Waals surface area (Å²) in [6.07, 6.45) is 3.78. The molecular weight excluding hydrogens is 196 g/mol. The molecule has 2 rings (SSSR count). The van der Waals surface area contributed by atoms with Crippen LogP contribution < -0.4 is 0 Å². The Kier molecular flexibility index (Phi) is 2.17. The molecule has 0 amide bonds. The highest BCUT2D eigenvalue weighted by atomic mass is 16.4. The van der Waals surface area contributed by atoms with Crippen LogP contribution in [0.15, 0.2) is 35.0 Å². The summed E-state index contributed by atoms with van der Waals surface area (Å²) in [7, 11) is 0. The van der Waals surface area contributed by atoms with Crippen LogP contribution in [0.1, 0.15) is 5.56 Å². The summed E-state index contributed by atoms with van der Waals surface area (Å²) in [6.45, 7) is 0. The largest absolute Gasteiger partial charge is 0.507 e. The maximum atomic E-state index is 10.3. The van der Waals surface area contributed by atoms with Crippen LogP contribution in [0.2, 0.25) is 0 Å². The van der Waals surface area contributed by atoms with Gasteiger partial charge in [-0.05, 0) is 24.3 Å². The fraction of sp³-hybridized carbons (Fsp3) is 0. The van der Waals surface area contributed by atoms with Crippen molar-refractivity contribution in [2.24, 2.45) is 0 Å². The lowest BCUT2D eigenvalue weighted by Crippen LogP contribution is -1.85. The summed E-state index contributed by atoms with van der Waals surface area (Å²) in [4.78, 5) is 10.3. The van der Waals surface area contributed by atoms with Crippen LogP contribution in [0.5, 0.6) is 5.75 Å². The van der Waals surface area contributed by atoms with Crippen LogP contribution in [0.4, 0.5) is 0 Å². The third kappa shape index (κ3) is 1.69. The minimum Gasteiger partial charge on any atom is -0.507 e. The van der Waals surface area contributed by atoms with Gasteiger partial charge in [-0.1, -0.05) is 0 Å². The standard InChI is InChI=1S/C11H8O4/c12-10(13)4-2-7-1-3-9-8(11(7)14)5-6-15-9/h1-6,14H,(H,12,13)/b4-2-. The summed E-state index contributed by atoms with van der Waals surface area (Å²) in [5.74, 6) is -1.03. The second-order valence-electron chi connectivity index (χ2n) is 3.01. The first kappa shape index (κ1) is 9.33. The van der Waals surface area contributed by atoms with E-state index in [2.05, 4.69) is 0 Å². The first-order valence-corrected chi connectivity index (χ1v) is 4.28. The smallest absolute Gasteiger partial charge is 0.328 e. The summed E-state index contributed by atoms with van der Waals surface area (Å²) in [5.41, 5.74) is 1.02. The van der Waals surface area contributed by atoms with Crippen LogP contribution in [-0.2, 0) is 4.79 Å². The van der Waals surface area contributed by atoms with Crippen LogP contribution in [-0.4, -0.2) is 16.2 Å². The van der Waals surface area contributed by atoms with Gasteiger partial charge in [0.15, 0.2) is 0 Å². The van der Waals surface area contributed by atoms with E-state index in [0.717, 1.165) is 6.08 Å². The Morgan fingerprint density at radius 3 is 2.87 bits per heavy atom. The van der Waals surface area contributed by atoms with Crippen molar-refractivity contribution in [3.8, 4) is 5.75 Å². The number of aliphatic carboxylic acids is 1. The van der Waals surface area contributed by atoms with E-state index in [1.807, 2.05) is 0 Å². The van der Waals surface area contributed by atoms with E-state index in [9.17, 15) is 9.90 Å². The summed E-state index contributed by atoms with van der Waals surface area (Å²) < 4.78 is 5.08. The molecule has 0 atom stereocenters. The van der Waals surface area contributed by atoms with Gasteiger partial charge in [0.1, 0.15) is 11.3 Å². The van der Waals surface area contributed by atoms with E-state index in [4.69, 9.17) is 9.52 Å². The van der Waals surface area contributed by atoms with Gasteiger partial charge in [-0.25, -0.2) is 4.79 Å². The van der Waals surface area contributed by atoms with Gasteiger partial charge in [-0.15, -0.1) is 0 Å². The predicted molar refractivity (Wildman–Crippen MR) is 54.5 cm³/mol. The van der Waals surface area contributed by atoms with E-state index < -0.39 is 5.97 Å². The molecule has 15 heavy (non-hydrogen) atoms. The van der Waals surface area contributed by atoms with Crippen molar-refractivity contribution in [1.29, 1.82) is 0 Å². The highest BCUT2D eigenvalue weighted by Crippen LogP contribution is 2.30. The van der Waals surface area contributed by atoms with E-state index in [1.54, 1.807) is 18.2 Å². The minimum absolute atomic E-state index is 0.0266. The summed E-state index contributed by atoms with van der Waals surface area (Å²) >= 11 is 0. The van der Waals surface area contributed by atoms with Gasteiger partial charge in [-0.3, -0.25) is 0 Å². The van der Waals surface area contributed by atoms with E-state index >= 15 is 0 Å². The molecule has 4 nitrogen and oxygen atoms in total. The second kappa shape index (κ2) is 3.49. The van der Waals surface area contributed by atoms with Crippen molar-refractivity contribution in [2.45, 2.75) is 0 Å². The number of carboxylic acid groups (broad SMARTS) is 1. The average Bonchev–Trinajstić information content (AvgIpc) is 2.65.